The van der Waals surface area contributed by atoms with Crippen LogP contribution in [-0.2, 0) is 18.3 Å². The van der Waals surface area contributed by atoms with Crippen LogP contribution in [0, 0.1) is 17.4 Å². The molecule has 9 heteroatoms. The summed E-state index contributed by atoms with van der Waals surface area (Å²) in [5.74, 6) is 1.43. The maximum absolute atomic E-state index is 12.9. The molecule has 3 aromatic rings. The number of piperidine rings is 1. The van der Waals surface area contributed by atoms with Crippen LogP contribution in [0.4, 0.5) is 5.69 Å². The molecule has 6 N–H and O–H groups in total. The standard InChI is InChI=1S/C28H28N6O3/c29-13-31-26(30)32-16-4-5-17-18-11-28(36)21-9-15-3-6-20(35)24-22(15)27(28,7-8-34(21)12-14-1-2-14)25(37-24)23(18)33-19(17)10-16/h3-6,10,14,21,25,33,35-36H,1-2,7-9,11-12H2,(H3,30,31,32)/t21?,25-,27-,28+/m0/s1. The zero-order valence-corrected chi connectivity index (χ0v) is 20.3. The smallest absolute Gasteiger partial charge is 0.207 e. The normalized spacial score (nSPS) is 31.4. The Morgan fingerprint density at radius 2 is 2.19 bits per heavy atom. The number of hydrogen-bond acceptors (Lipinski definition) is 6. The van der Waals surface area contributed by atoms with Gasteiger partial charge in [-0.05, 0) is 67.5 Å². The number of rotatable bonds is 3. The molecule has 1 unspecified atom stereocenters. The van der Waals surface area contributed by atoms with Crippen molar-refractivity contribution in [2.75, 3.05) is 13.1 Å². The largest absolute Gasteiger partial charge is 0.504 e. The van der Waals surface area contributed by atoms with Crippen molar-refractivity contribution in [3.05, 3.63) is 52.7 Å². The van der Waals surface area contributed by atoms with E-state index in [0.29, 0.717) is 17.9 Å². The van der Waals surface area contributed by atoms with E-state index in [-0.39, 0.29) is 17.8 Å². The van der Waals surface area contributed by atoms with Gasteiger partial charge >= 0.3 is 0 Å². The predicted octanol–water partition coefficient (Wildman–Crippen LogP) is 2.59. The van der Waals surface area contributed by atoms with Crippen molar-refractivity contribution in [1.82, 2.24) is 15.2 Å². The number of aliphatic imine (C=N–C) groups is 1. The molecule has 0 radical (unpaired) electrons. The zero-order chi connectivity index (χ0) is 25.1. The lowest BCUT2D eigenvalue weighted by molar-refractivity contribution is -0.173. The van der Waals surface area contributed by atoms with E-state index in [2.05, 4.69) is 20.2 Å². The van der Waals surface area contributed by atoms with Gasteiger partial charge in [-0.25, -0.2) is 4.99 Å². The van der Waals surface area contributed by atoms with Gasteiger partial charge in [-0.3, -0.25) is 10.2 Å². The van der Waals surface area contributed by atoms with Crippen LogP contribution in [0.25, 0.3) is 10.9 Å². The Hall–Kier alpha value is -3.74. The van der Waals surface area contributed by atoms with E-state index in [1.807, 2.05) is 24.3 Å². The number of hydrogen-bond donors (Lipinski definition) is 5. The van der Waals surface area contributed by atoms with Gasteiger partial charge in [-0.1, -0.05) is 12.1 Å². The quantitative estimate of drug-likeness (QED) is 0.162. The van der Waals surface area contributed by atoms with E-state index in [0.717, 1.165) is 59.6 Å². The topological polar surface area (TPSA) is 143 Å². The fraction of sp³-hybridized carbons (Fsp3) is 0.429. The number of benzene rings is 2. The number of ether oxygens (including phenoxy) is 1. The first-order chi connectivity index (χ1) is 17.9. The fourth-order valence-electron chi connectivity index (χ4n) is 7.91. The van der Waals surface area contributed by atoms with Crippen LogP contribution >= 0.6 is 0 Å². The molecule has 1 aromatic heterocycles. The highest BCUT2D eigenvalue weighted by Gasteiger charge is 2.72. The third-order valence-corrected chi connectivity index (χ3v) is 9.58. The number of phenolic OH excluding ortho intramolecular Hbond substituents is 1. The fourth-order valence-corrected chi connectivity index (χ4v) is 7.91. The van der Waals surface area contributed by atoms with Gasteiger partial charge in [0.2, 0.25) is 5.96 Å². The first kappa shape index (κ1) is 21.4. The average Bonchev–Trinajstić information content (AvgIpc) is 3.51. The number of aromatic nitrogens is 1. The first-order valence-electron chi connectivity index (χ1n) is 13.0. The van der Waals surface area contributed by atoms with Crippen LogP contribution in [0.3, 0.4) is 0 Å². The lowest BCUT2D eigenvalue weighted by Gasteiger charge is -2.62. The number of aliphatic hydroxyl groups is 1. The van der Waals surface area contributed by atoms with Crippen molar-refractivity contribution in [3.63, 3.8) is 0 Å². The summed E-state index contributed by atoms with van der Waals surface area (Å²) in [5.41, 5.74) is 9.86. The van der Waals surface area contributed by atoms with Gasteiger partial charge in [0.15, 0.2) is 23.8 Å². The van der Waals surface area contributed by atoms with Crippen LogP contribution in [0.15, 0.2) is 35.3 Å². The van der Waals surface area contributed by atoms with Crippen LogP contribution < -0.4 is 15.8 Å². The Morgan fingerprint density at radius 1 is 1.32 bits per heavy atom. The summed E-state index contributed by atoms with van der Waals surface area (Å²) >= 11 is 0. The highest BCUT2D eigenvalue weighted by molar-refractivity contribution is 5.90. The lowest BCUT2D eigenvalue weighted by Crippen LogP contribution is -2.74. The van der Waals surface area contributed by atoms with E-state index in [9.17, 15) is 10.2 Å². The molecule has 3 aliphatic carbocycles. The molecule has 2 fully saturated rings. The minimum Gasteiger partial charge on any atom is -0.504 e. The molecule has 2 bridgehead atoms. The third kappa shape index (κ3) is 2.62. The second kappa shape index (κ2) is 6.97. The number of phenols is 1. The van der Waals surface area contributed by atoms with Crippen molar-refractivity contribution < 1.29 is 14.9 Å². The molecule has 0 amide bonds. The molecule has 4 atom stereocenters. The van der Waals surface area contributed by atoms with Gasteiger partial charge in [0.1, 0.15) is 0 Å². The van der Waals surface area contributed by atoms with Gasteiger partial charge < -0.3 is 25.7 Å². The summed E-state index contributed by atoms with van der Waals surface area (Å²) in [6.07, 6.45) is 5.97. The summed E-state index contributed by atoms with van der Waals surface area (Å²) in [4.78, 5) is 10.4. The van der Waals surface area contributed by atoms with E-state index in [4.69, 9.17) is 15.7 Å². The molecule has 8 rings (SSSR count). The Kier molecular flexibility index (Phi) is 4.02. The Labute approximate surface area is 213 Å². The minimum atomic E-state index is -1.02. The average molecular weight is 497 g/mol. The van der Waals surface area contributed by atoms with Crippen molar-refractivity contribution >= 4 is 22.5 Å². The number of aromatic hydroxyl groups is 1. The molecular formula is C28H28N6O3. The molecule has 9 nitrogen and oxygen atoms in total. The van der Waals surface area contributed by atoms with Crippen LogP contribution in [0.5, 0.6) is 11.5 Å². The zero-order valence-electron chi connectivity index (χ0n) is 20.3. The summed E-state index contributed by atoms with van der Waals surface area (Å²) in [6.45, 7) is 1.95. The molecule has 1 saturated carbocycles. The molecule has 37 heavy (non-hydrogen) atoms. The number of nitrogens with zero attached hydrogens (tertiary/aromatic N) is 3. The van der Waals surface area contributed by atoms with E-state index >= 15 is 0 Å². The third-order valence-electron chi connectivity index (χ3n) is 9.58. The lowest BCUT2D eigenvalue weighted by atomic mass is 9.49. The van der Waals surface area contributed by atoms with Crippen molar-refractivity contribution in [3.8, 4) is 17.7 Å². The summed E-state index contributed by atoms with van der Waals surface area (Å²) < 4.78 is 6.63. The second-order valence-electron chi connectivity index (χ2n) is 11.4. The molecule has 3 heterocycles. The van der Waals surface area contributed by atoms with Crippen molar-refractivity contribution in [2.45, 2.75) is 55.3 Å². The number of aromatic amines is 1. The van der Waals surface area contributed by atoms with E-state index in [1.54, 1.807) is 12.3 Å². The van der Waals surface area contributed by atoms with Crippen molar-refractivity contribution in [2.24, 2.45) is 16.6 Å². The number of H-pyrrole nitrogens is 1. The van der Waals surface area contributed by atoms with Gasteiger partial charge in [0.25, 0.3) is 0 Å². The molecule has 2 aromatic carbocycles. The summed E-state index contributed by atoms with van der Waals surface area (Å²) in [5, 5.41) is 35.9. The first-order valence-corrected chi connectivity index (χ1v) is 13.0. The number of nitriles is 1. The molecular weight excluding hydrogens is 468 g/mol. The number of nitrogens with one attached hydrogen (secondary N) is 2. The molecule has 1 saturated heterocycles. The van der Waals surface area contributed by atoms with Crippen LogP contribution in [-0.4, -0.2) is 50.8 Å². The van der Waals surface area contributed by atoms with E-state index in [1.165, 1.54) is 18.4 Å². The second-order valence-corrected chi connectivity index (χ2v) is 11.4. The van der Waals surface area contributed by atoms with Gasteiger partial charge in [0.05, 0.1) is 22.4 Å². The number of nitrogens with two attached hydrogens (primary N) is 1. The molecule has 2 aliphatic heterocycles. The summed E-state index contributed by atoms with van der Waals surface area (Å²) in [6, 6.07) is 9.53. The van der Waals surface area contributed by atoms with E-state index < -0.39 is 17.1 Å². The monoisotopic (exact) mass is 496 g/mol. The Balaban J connectivity index is 1.33. The molecule has 188 valence electrons. The molecule has 1 spiro atoms. The van der Waals surface area contributed by atoms with Gasteiger partial charge in [-0.15, -0.1) is 0 Å². The maximum atomic E-state index is 12.9. The highest BCUT2D eigenvalue weighted by atomic mass is 16.5. The Morgan fingerprint density at radius 3 is 3.00 bits per heavy atom. The Bertz CT molecular complexity index is 1570. The van der Waals surface area contributed by atoms with Gasteiger partial charge in [0, 0.05) is 35.5 Å². The number of likely N-dealkylation sites (tertiary alicyclic amines) is 1. The SMILES string of the molecule is N#CNC(N)=Nc1ccc2c3c([nH]c2c1)[C@@H]1Oc2c(O)ccc4c2[C@@]12CCN(CC1CC1)C(C4)[C@]2(O)C3. The molecule has 5 aliphatic rings. The predicted molar refractivity (Wildman–Crippen MR) is 137 cm³/mol. The number of guanidine groups is 1. The maximum Gasteiger partial charge on any atom is 0.207 e. The van der Waals surface area contributed by atoms with Crippen molar-refractivity contribution in [1.29, 1.82) is 5.26 Å². The summed E-state index contributed by atoms with van der Waals surface area (Å²) in [7, 11) is 0. The van der Waals surface area contributed by atoms with Gasteiger partial charge in [-0.2, -0.15) is 5.26 Å². The number of fused-ring (bicyclic) bond motifs is 4. The highest BCUT2D eigenvalue weighted by Crippen LogP contribution is 2.69. The van der Waals surface area contributed by atoms with Crippen LogP contribution in [0.1, 0.15) is 47.8 Å². The van der Waals surface area contributed by atoms with Crippen LogP contribution in [0.2, 0.25) is 0 Å². The minimum absolute atomic E-state index is 0.00484.